The van der Waals surface area contributed by atoms with E-state index in [1.165, 1.54) is 0 Å². The van der Waals surface area contributed by atoms with Crippen molar-refractivity contribution >= 4 is 0 Å². The first-order valence-corrected chi connectivity index (χ1v) is 3.26. The highest BCUT2D eigenvalue weighted by Gasteiger charge is 1.87. The molecule has 0 rings (SSSR count). The SMILES string of the molecule is NCCCNC[13C][13C][13C]N. The Morgan fingerprint density at radius 3 is 2.80 bits per heavy atom. The molecule has 0 saturated heterocycles. The van der Waals surface area contributed by atoms with Crippen molar-refractivity contribution in [1.29, 1.82) is 0 Å². The van der Waals surface area contributed by atoms with Crippen molar-refractivity contribution in [3.05, 3.63) is 19.4 Å². The summed E-state index contributed by atoms with van der Waals surface area (Å²) in [6, 6.07) is 0. The molecule has 0 spiro atoms. The molecule has 0 aliphatic carbocycles. The molecular weight excluding hydrogens is 129 g/mol. The van der Waals surface area contributed by atoms with Crippen molar-refractivity contribution < 1.29 is 0 Å². The summed E-state index contributed by atoms with van der Waals surface area (Å²) in [5.41, 5.74) is 10.2. The van der Waals surface area contributed by atoms with Gasteiger partial charge in [0.25, 0.3) is 0 Å². The van der Waals surface area contributed by atoms with Gasteiger partial charge in [-0.3, -0.25) is 0 Å². The molecule has 0 bridgehead atoms. The van der Waals surface area contributed by atoms with E-state index in [2.05, 4.69) is 24.7 Å². The molecule has 0 amide bonds. The fourth-order valence-corrected chi connectivity index (χ4v) is 0.473. The maximum absolute atomic E-state index is 5.26. The smallest absolute Gasteiger partial charge is 0.0646 e. The van der Waals surface area contributed by atoms with E-state index in [-0.39, 0.29) is 0 Å². The monoisotopic (exact) mass is 142 g/mol. The Kier molecular flexibility index (Phi) is 8.77. The number of nitrogens with one attached hydrogen (secondary N) is 1. The molecule has 6 radical (unpaired) electrons. The van der Waals surface area contributed by atoms with Gasteiger partial charge in [0.2, 0.25) is 0 Å². The van der Waals surface area contributed by atoms with Crippen molar-refractivity contribution in [3.63, 3.8) is 0 Å². The third-order valence-electron chi connectivity index (χ3n) is 0.932. The second-order valence-electron chi connectivity index (χ2n) is 1.77. The van der Waals surface area contributed by atoms with Crippen LogP contribution >= 0.6 is 0 Å². The normalized spacial score (nSPS) is 10.2. The van der Waals surface area contributed by atoms with Gasteiger partial charge in [-0.1, -0.05) is 0 Å². The summed E-state index contributed by atoms with van der Waals surface area (Å²) >= 11 is 0. The van der Waals surface area contributed by atoms with Crippen molar-refractivity contribution in [1.82, 2.24) is 5.32 Å². The van der Waals surface area contributed by atoms with Gasteiger partial charge in [-0.25, -0.2) is 0 Å². The molecule has 0 aromatic carbocycles. The molecule has 0 aromatic rings. The Morgan fingerprint density at radius 1 is 1.40 bits per heavy atom. The average molecular weight is 142 g/mol. The molecule has 0 fully saturated rings. The lowest BCUT2D eigenvalue weighted by Gasteiger charge is -1.99. The maximum atomic E-state index is 5.26. The molecule has 0 heterocycles. The Labute approximate surface area is 63.2 Å². The number of hydrogen-bond acceptors (Lipinski definition) is 3. The molecule has 0 aromatic heterocycles. The van der Waals surface area contributed by atoms with Crippen molar-refractivity contribution in [2.24, 2.45) is 11.5 Å². The van der Waals surface area contributed by atoms with Gasteiger partial charge in [-0.2, -0.15) is 0 Å². The van der Waals surface area contributed by atoms with Gasteiger partial charge < -0.3 is 16.8 Å². The predicted molar refractivity (Wildman–Crippen MR) is 40.5 cm³/mol. The molecule has 0 aliphatic heterocycles. The molecule has 10 heavy (non-hydrogen) atoms. The van der Waals surface area contributed by atoms with E-state index in [4.69, 9.17) is 11.5 Å². The minimum atomic E-state index is 0.657. The van der Waals surface area contributed by atoms with Crippen LogP contribution in [0.25, 0.3) is 0 Å². The molecule has 0 atom stereocenters. The summed E-state index contributed by atoms with van der Waals surface area (Å²) < 4.78 is 0. The van der Waals surface area contributed by atoms with Crippen molar-refractivity contribution in [2.75, 3.05) is 19.6 Å². The van der Waals surface area contributed by atoms with Crippen LogP contribution in [0.4, 0.5) is 0 Å². The first-order chi connectivity index (χ1) is 4.91. The fraction of sp³-hybridized carbons (Fsp3) is 0.571. The molecule has 0 aliphatic rings. The quantitative estimate of drug-likeness (QED) is 0.245. The van der Waals surface area contributed by atoms with E-state index in [0.29, 0.717) is 6.54 Å². The van der Waals surface area contributed by atoms with Crippen LogP contribution in [-0.4, -0.2) is 19.6 Å². The minimum Gasteiger partial charge on any atom is -0.330 e. The third-order valence-corrected chi connectivity index (χ3v) is 0.932. The molecule has 0 saturated carbocycles. The molecule has 3 heteroatoms. The number of hydrogen-bond donors (Lipinski definition) is 3. The second kappa shape index (κ2) is 8.88. The minimum absolute atomic E-state index is 0.657. The van der Waals surface area contributed by atoms with Gasteiger partial charge in [0, 0.05) is 19.4 Å². The highest BCUT2D eigenvalue weighted by atomic mass is 15.0. The summed E-state index contributed by atoms with van der Waals surface area (Å²) in [6.07, 6.45) is 6.25. The summed E-state index contributed by atoms with van der Waals surface area (Å²) in [6.45, 7) is 4.52. The summed E-state index contributed by atoms with van der Waals surface area (Å²) in [4.78, 5) is 0. The third kappa shape index (κ3) is 7.88. The van der Waals surface area contributed by atoms with Crippen LogP contribution in [0.1, 0.15) is 6.42 Å². The first kappa shape index (κ1) is 9.88. The zero-order valence-corrected chi connectivity index (χ0v) is 5.98. The molecule has 5 N–H and O–H groups in total. The van der Waals surface area contributed by atoms with E-state index in [0.717, 1.165) is 19.5 Å². The Balaban J connectivity index is 2.65. The lowest BCUT2D eigenvalue weighted by molar-refractivity contribution is 0.688. The lowest BCUT2D eigenvalue weighted by atomic mass is 10.4. The largest absolute Gasteiger partial charge is 0.330 e. The standard InChI is InChI=1S/C7H13N3/c8-4-1-2-6-10-7-3-5-9/h10H,3,5-9H2/i1+1,2+1,4+1. The maximum Gasteiger partial charge on any atom is 0.0646 e. The fourth-order valence-electron chi connectivity index (χ4n) is 0.473. The number of rotatable bonds is 7. The Bertz CT molecular complexity index is 48.8. The summed E-state index contributed by atoms with van der Waals surface area (Å²) in [7, 11) is 0. The lowest BCUT2D eigenvalue weighted by Crippen LogP contribution is -2.20. The zero-order chi connectivity index (χ0) is 7.66. The van der Waals surface area contributed by atoms with Crippen LogP contribution in [0, 0.1) is 19.4 Å². The zero-order valence-electron chi connectivity index (χ0n) is 5.98. The Hall–Kier alpha value is -0.120. The van der Waals surface area contributed by atoms with Crippen LogP contribution in [0.5, 0.6) is 0 Å². The average Bonchev–Trinajstić information content (AvgIpc) is 1.97. The van der Waals surface area contributed by atoms with Crippen molar-refractivity contribution in [3.8, 4) is 0 Å². The second-order valence-corrected chi connectivity index (χ2v) is 1.77. The number of nitrogens with two attached hydrogens (primary N) is 2. The van der Waals surface area contributed by atoms with Crippen molar-refractivity contribution in [2.45, 2.75) is 6.42 Å². The van der Waals surface area contributed by atoms with E-state index in [9.17, 15) is 0 Å². The Morgan fingerprint density at radius 2 is 2.20 bits per heavy atom. The molecule has 3 nitrogen and oxygen atoms in total. The van der Waals surface area contributed by atoms with Gasteiger partial charge in [-0.05, 0) is 19.5 Å². The highest BCUT2D eigenvalue weighted by Crippen LogP contribution is 1.81. The van der Waals surface area contributed by atoms with E-state index in [1.54, 1.807) is 0 Å². The van der Waals surface area contributed by atoms with E-state index >= 15 is 0 Å². The number of unbranched alkanes of at least 4 members (excludes halogenated alkanes) is 1. The predicted octanol–water partition coefficient (Wildman–Crippen LogP) is -0.915. The van der Waals surface area contributed by atoms with Gasteiger partial charge in [0.1, 0.15) is 0 Å². The van der Waals surface area contributed by atoms with Gasteiger partial charge in [0.15, 0.2) is 0 Å². The summed E-state index contributed by atoms with van der Waals surface area (Å²) in [5, 5.41) is 3.07. The van der Waals surface area contributed by atoms with Gasteiger partial charge >= 0.3 is 0 Å². The highest BCUT2D eigenvalue weighted by molar-refractivity contribution is 4.93. The van der Waals surface area contributed by atoms with Crippen LogP contribution < -0.4 is 16.8 Å². The summed E-state index contributed by atoms with van der Waals surface area (Å²) in [5.74, 6) is 0. The molecule has 56 valence electrons. The van der Waals surface area contributed by atoms with Crippen LogP contribution in [0.2, 0.25) is 0 Å². The van der Waals surface area contributed by atoms with Gasteiger partial charge in [0.05, 0.1) is 6.54 Å². The van der Waals surface area contributed by atoms with E-state index < -0.39 is 0 Å². The first-order valence-electron chi connectivity index (χ1n) is 3.26. The molecular formula is C7H13N3. The van der Waals surface area contributed by atoms with Gasteiger partial charge in [-0.15, -0.1) is 0 Å². The van der Waals surface area contributed by atoms with Crippen LogP contribution in [-0.2, 0) is 0 Å². The van der Waals surface area contributed by atoms with Crippen LogP contribution in [0.15, 0.2) is 0 Å². The molecule has 0 unspecified atom stereocenters. The van der Waals surface area contributed by atoms with Crippen LogP contribution in [0.3, 0.4) is 0 Å². The topological polar surface area (TPSA) is 64.1 Å². The van der Waals surface area contributed by atoms with E-state index in [1.807, 2.05) is 0 Å².